The molecule has 0 saturated heterocycles. The first kappa shape index (κ1) is 10.9. The number of unbranched alkanes of at least 4 members (excludes halogenated alkanes) is 3. The summed E-state index contributed by atoms with van der Waals surface area (Å²) in [4.78, 5) is 8.54. The van der Waals surface area contributed by atoms with Gasteiger partial charge in [-0.1, -0.05) is 18.1 Å². The van der Waals surface area contributed by atoms with Gasteiger partial charge >= 0.3 is 8.03 Å². The monoisotopic (exact) mass is 201 g/mol. The molecule has 3 heteroatoms. The molecule has 1 atom stereocenters. The normalized spacial score (nSPS) is 16.4. The summed E-state index contributed by atoms with van der Waals surface area (Å²) in [6.07, 6.45) is 11.1. The van der Waals surface area contributed by atoms with Gasteiger partial charge in [-0.3, -0.25) is 0 Å². The first-order valence-electron chi connectivity index (χ1n) is 5.10. The lowest BCUT2D eigenvalue weighted by molar-refractivity contribution is 0.499. The number of allylic oxidation sites excluding steroid dienone is 2. The van der Waals surface area contributed by atoms with Gasteiger partial charge in [0.2, 0.25) is 0 Å². The minimum Gasteiger partial charge on any atom is -0.161 e. The minimum atomic E-state index is -1.89. The molecule has 0 aromatic rings. The average molecular weight is 201 g/mol. The molecule has 13 heavy (non-hydrogen) atoms. The molecule has 0 radical (unpaired) electrons. The largest absolute Gasteiger partial charge is 0.505 e. The van der Waals surface area contributed by atoms with Gasteiger partial charge < -0.3 is 0 Å². The zero-order valence-electron chi connectivity index (χ0n) is 8.04. The van der Waals surface area contributed by atoms with E-state index in [2.05, 4.69) is 6.08 Å². The van der Waals surface area contributed by atoms with Crippen LogP contribution in [0.2, 0.25) is 0 Å². The Morgan fingerprint density at radius 1 is 1.31 bits per heavy atom. The van der Waals surface area contributed by atoms with Crippen LogP contribution in [0.1, 0.15) is 44.9 Å². The van der Waals surface area contributed by atoms with E-state index in [1.807, 2.05) is 0 Å². The fourth-order valence-corrected chi connectivity index (χ4v) is 2.02. The first-order valence-corrected chi connectivity index (χ1v) is 6.50. The summed E-state index contributed by atoms with van der Waals surface area (Å²) in [7, 11) is -1.89. The molecule has 0 aromatic carbocycles. The van der Waals surface area contributed by atoms with Crippen molar-refractivity contribution in [2.75, 3.05) is 6.16 Å². The molecule has 1 N–H and O–H groups in total. The molecule has 1 aliphatic carbocycles. The molecule has 1 unspecified atom stereocenters. The van der Waals surface area contributed by atoms with E-state index >= 15 is 0 Å². The molecule has 0 amide bonds. The van der Waals surface area contributed by atoms with E-state index in [0.29, 0.717) is 6.16 Å². The quantitative estimate of drug-likeness (QED) is 0.389. The zero-order chi connectivity index (χ0) is 9.52. The Hall–Kier alpha value is -0.200. The molecule has 1 rings (SSSR count). The van der Waals surface area contributed by atoms with E-state index in [1.54, 1.807) is 5.57 Å². The van der Waals surface area contributed by atoms with Crippen molar-refractivity contribution in [1.29, 1.82) is 0 Å². The van der Waals surface area contributed by atoms with Crippen molar-refractivity contribution in [3.05, 3.63) is 11.6 Å². The van der Waals surface area contributed by atoms with Crippen molar-refractivity contribution in [2.45, 2.75) is 44.9 Å². The SMILES string of the molecule is O=[P+](O)CCCCCCC1=CCC1. The molecule has 0 aliphatic heterocycles. The van der Waals surface area contributed by atoms with Gasteiger partial charge in [-0.15, -0.1) is 0 Å². The van der Waals surface area contributed by atoms with Gasteiger partial charge in [0.05, 0.1) is 0 Å². The van der Waals surface area contributed by atoms with E-state index in [1.165, 1.54) is 32.1 Å². The van der Waals surface area contributed by atoms with Crippen LogP contribution in [0.3, 0.4) is 0 Å². The van der Waals surface area contributed by atoms with Gasteiger partial charge in [0, 0.05) is 0 Å². The predicted octanol–water partition coefficient (Wildman–Crippen LogP) is 3.39. The maximum absolute atomic E-state index is 10.3. The topological polar surface area (TPSA) is 37.3 Å². The second-order valence-electron chi connectivity index (χ2n) is 3.64. The molecule has 0 heterocycles. The van der Waals surface area contributed by atoms with Gasteiger partial charge in [0.1, 0.15) is 0 Å². The Kier molecular flexibility index (Phi) is 5.26. The third kappa shape index (κ3) is 5.17. The second-order valence-corrected chi connectivity index (χ2v) is 4.79. The van der Waals surface area contributed by atoms with Crippen LogP contribution in [0.25, 0.3) is 0 Å². The average Bonchev–Trinajstić information content (AvgIpc) is 1.99. The van der Waals surface area contributed by atoms with Crippen LogP contribution in [-0.4, -0.2) is 11.1 Å². The van der Waals surface area contributed by atoms with Crippen molar-refractivity contribution >= 4 is 8.03 Å². The maximum Gasteiger partial charge on any atom is 0.505 e. The Balaban J connectivity index is 1.81. The first-order chi connectivity index (χ1) is 6.29. The molecule has 74 valence electrons. The summed E-state index contributed by atoms with van der Waals surface area (Å²) in [6, 6.07) is 0. The zero-order valence-corrected chi connectivity index (χ0v) is 8.93. The Labute approximate surface area is 80.9 Å². The van der Waals surface area contributed by atoms with Crippen molar-refractivity contribution in [3.8, 4) is 0 Å². The number of hydrogen-bond donors (Lipinski definition) is 1. The minimum absolute atomic E-state index is 0.484. The van der Waals surface area contributed by atoms with E-state index < -0.39 is 8.03 Å². The molecular weight excluding hydrogens is 183 g/mol. The van der Waals surface area contributed by atoms with Crippen LogP contribution < -0.4 is 0 Å². The van der Waals surface area contributed by atoms with Crippen LogP contribution in [-0.2, 0) is 4.57 Å². The van der Waals surface area contributed by atoms with E-state index in [4.69, 9.17) is 4.89 Å². The van der Waals surface area contributed by atoms with Crippen molar-refractivity contribution < 1.29 is 9.46 Å². The van der Waals surface area contributed by atoms with Gasteiger partial charge in [0.25, 0.3) is 0 Å². The highest BCUT2D eigenvalue weighted by molar-refractivity contribution is 7.37. The number of rotatable bonds is 7. The third-order valence-corrected chi connectivity index (χ3v) is 3.19. The molecule has 0 aromatic heterocycles. The summed E-state index contributed by atoms with van der Waals surface area (Å²) >= 11 is 0. The Morgan fingerprint density at radius 2 is 2.00 bits per heavy atom. The van der Waals surface area contributed by atoms with Crippen molar-refractivity contribution in [3.63, 3.8) is 0 Å². The van der Waals surface area contributed by atoms with Crippen molar-refractivity contribution in [2.24, 2.45) is 0 Å². The molecular formula is C10H18O2P+. The van der Waals surface area contributed by atoms with Crippen molar-refractivity contribution in [1.82, 2.24) is 0 Å². The van der Waals surface area contributed by atoms with Crippen LogP contribution >= 0.6 is 8.03 Å². The second kappa shape index (κ2) is 6.28. The van der Waals surface area contributed by atoms with Gasteiger partial charge in [-0.2, -0.15) is 4.89 Å². The molecule has 2 nitrogen and oxygen atoms in total. The highest BCUT2D eigenvalue weighted by Crippen LogP contribution is 2.24. The van der Waals surface area contributed by atoms with E-state index in [9.17, 15) is 4.57 Å². The van der Waals surface area contributed by atoms with Crippen LogP contribution in [0.5, 0.6) is 0 Å². The lowest BCUT2D eigenvalue weighted by Gasteiger charge is -2.13. The summed E-state index contributed by atoms with van der Waals surface area (Å²) in [5.41, 5.74) is 1.62. The summed E-state index contributed by atoms with van der Waals surface area (Å²) in [6.45, 7) is 0. The third-order valence-electron chi connectivity index (χ3n) is 2.50. The summed E-state index contributed by atoms with van der Waals surface area (Å²) in [5, 5.41) is 0. The maximum atomic E-state index is 10.3. The smallest absolute Gasteiger partial charge is 0.161 e. The molecule has 0 fully saturated rings. The van der Waals surface area contributed by atoms with Crippen LogP contribution in [0.4, 0.5) is 0 Å². The summed E-state index contributed by atoms with van der Waals surface area (Å²) in [5.74, 6) is 0. The lowest BCUT2D eigenvalue weighted by atomic mass is 9.94. The molecule has 0 spiro atoms. The predicted molar refractivity (Wildman–Crippen MR) is 55.1 cm³/mol. The molecule has 1 aliphatic rings. The van der Waals surface area contributed by atoms with Gasteiger partial charge in [-0.25, -0.2) is 0 Å². The highest BCUT2D eigenvalue weighted by atomic mass is 31.1. The summed E-state index contributed by atoms with van der Waals surface area (Å²) < 4.78 is 10.3. The standard InChI is InChI=1S/C10H17O2P/c11-13(12)9-4-2-1-3-6-10-7-5-8-10/h7H,1-6,8-9H2/p+1. The van der Waals surface area contributed by atoms with E-state index in [-0.39, 0.29) is 0 Å². The number of hydrogen-bond acceptors (Lipinski definition) is 1. The lowest BCUT2D eigenvalue weighted by Crippen LogP contribution is -1.93. The fraction of sp³-hybridized carbons (Fsp3) is 0.800. The molecule has 0 bridgehead atoms. The molecule has 0 saturated carbocycles. The van der Waals surface area contributed by atoms with E-state index in [0.717, 1.165) is 12.8 Å². The van der Waals surface area contributed by atoms with Gasteiger partial charge in [0.15, 0.2) is 6.16 Å². The Morgan fingerprint density at radius 3 is 2.54 bits per heavy atom. The highest BCUT2D eigenvalue weighted by Gasteiger charge is 2.08. The van der Waals surface area contributed by atoms with Crippen LogP contribution in [0, 0.1) is 0 Å². The Bertz CT molecular complexity index is 199. The van der Waals surface area contributed by atoms with Gasteiger partial charge in [-0.05, 0) is 43.1 Å². The fourth-order valence-electron chi connectivity index (χ4n) is 1.53. The van der Waals surface area contributed by atoms with Crippen LogP contribution in [0.15, 0.2) is 11.6 Å².